The maximum absolute atomic E-state index is 11.4. The van der Waals surface area contributed by atoms with E-state index in [1.807, 2.05) is 145 Å². The molecule has 0 saturated carbocycles. The molecule has 0 bridgehead atoms. The molecule has 5 rings (SSSR count). The number of hydrazine groups is 3. The summed E-state index contributed by atoms with van der Waals surface area (Å²) in [6, 6.07) is 37.2. The summed E-state index contributed by atoms with van der Waals surface area (Å²) in [6.45, 7) is 0. The van der Waals surface area contributed by atoms with Gasteiger partial charge in [-0.2, -0.15) is 10.2 Å². The quantitative estimate of drug-likeness (QED) is 0.0651. The Morgan fingerprint density at radius 2 is 1.26 bits per heavy atom. The average Bonchev–Trinajstić information content (AvgIpc) is 3.08. The molecule has 0 spiro atoms. The smallest absolute Gasteiger partial charge is 0.324 e. The number of nitrogens with zero attached hydrogens (tertiary/aromatic N) is 3. The summed E-state index contributed by atoms with van der Waals surface area (Å²) in [4.78, 5) is 22.0. The molecule has 2 amide bonds. The number of anilines is 3. The highest BCUT2D eigenvalue weighted by Gasteiger charge is 2.11. The Balaban J connectivity index is 0.000000185. The molecule has 7 N–H and O–H groups in total. The number of hydrogen-bond acceptors (Lipinski definition) is 8. The molecular weight excluding hydrogens is 528 g/mol. The second-order valence-electron chi connectivity index (χ2n) is 8.40. The van der Waals surface area contributed by atoms with E-state index >= 15 is 0 Å². The Kier molecular flexibility index (Phi) is 13.0. The molecule has 1 atom stereocenters. The first kappa shape index (κ1) is 30.7. The number of allylic oxidation sites excluding steroid dienone is 2. The van der Waals surface area contributed by atoms with Gasteiger partial charge in [-0.25, -0.2) is 20.9 Å². The summed E-state index contributed by atoms with van der Waals surface area (Å²) < 4.78 is 0. The van der Waals surface area contributed by atoms with Crippen LogP contribution in [-0.4, -0.2) is 18.0 Å². The third-order valence-corrected chi connectivity index (χ3v) is 5.48. The lowest BCUT2D eigenvalue weighted by molar-refractivity contribution is 0.241. The zero-order chi connectivity index (χ0) is 29.8. The van der Waals surface area contributed by atoms with Crippen molar-refractivity contribution in [2.75, 3.05) is 10.4 Å². The third kappa shape index (κ3) is 10.4. The molecule has 1 aliphatic carbocycles. The van der Waals surface area contributed by atoms with Gasteiger partial charge in [-0.15, -0.1) is 0 Å². The summed E-state index contributed by atoms with van der Waals surface area (Å²) in [5.41, 5.74) is 11.1. The lowest BCUT2D eigenvalue weighted by atomic mass is 10.1. The Morgan fingerprint density at radius 3 is 1.74 bits per heavy atom. The van der Waals surface area contributed by atoms with Crippen LogP contribution in [0.5, 0.6) is 0 Å². The predicted molar refractivity (Wildman–Crippen MR) is 167 cm³/mol. The lowest BCUT2D eigenvalue weighted by Crippen LogP contribution is -2.47. The highest BCUT2D eigenvalue weighted by atomic mass is 16.2. The van der Waals surface area contributed by atoms with Crippen molar-refractivity contribution < 1.29 is 9.59 Å². The predicted octanol–water partition coefficient (Wildman–Crippen LogP) is 5.91. The van der Waals surface area contributed by atoms with E-state index in [9.17, 15) is 9.59 Å². The van der Waals surface area contributed by atoms with Crippen molar-refractivity contribution in [3.05, 3.63) is 151 Å². The van der Waals surface area contributed by atoms with E-state index in [2.05, 4.69) is 21.1 Å². The highest BCUT2D eigenvalue weighted by molar-refractivity contribution is 5.78. The normalized spacial score (nSPS) is 13.0. The zero-order valence-corrected chi connectivity index (χ0v) is 22.7. The lowest BCUT2D eigenvalue weighted by Gasteiger charge is -2.24. The van der Waals surface area contributed by atoms with Crippen LogP contribution in [0.4, 0.5) is 27.5 Å². The van der Waals surface area contributed by atoms with E-state index < -0.39 is 6.03 Å². The number of nitrogens with one attached hydrogen (secondary N) is 3. The number of benzene rings is 4. The maximum atomic E-state index is 11.4. The van der Waals surface area contributed by atoms with Crippen molar-refractivity contribution in [2.45, 2.75) is 6.04 Å². The SMILES string of the molecule is NNC(=O)NN(c1ccccc1)c1ccccc1.NNc1ccccc1.O=C=C1C=CC=CC1N=Nc1ccccc1. The topological polar surface area (TPSA) is 150 Å². The first-order valence-electron chi connectivity index (χ1n) is 12.9. The Morgan fingerprint density at radius 1 is 0.738 bits per heavy atom. The van der Waals surface area contributed by atoms with Crippen molar-refractivity contribution in [1.82, 2.24) is 10.9 Å². The fraction of sp³-hybridized carbons (Fsp3) is 0.0312. The molecule has 10 nitrogen and oxygen atoms in total. The van der Waals surface area contributed by atoms with E-state index in [4.69, 9.17) is 11.7 Å². The number of carbonyl (C=O) groups excluding carboxylic acids is 2. The second kappa shape index (κ2) is 17.7. The molecule has 4 aromatic rings. The Labute approximate surface area is 244 Å². The van der Waals surface area contributed by atoms with Crippen molar-refractivity contribution in [2.24, 2.45) is 21.9 Å². The molecule has 0 heterocycles. The number of amides is 2. The van der Waals surface area contributed by atoms with Gasteiger partial charge in [0.2, 0.25) is 0 Å². The van der Waals surface area contributed by atoms with Gasteiger partial charge in [-0.1, -0.05) is 91.0 Å². The first-order chi connectivity index (χ1) is 20.6. The van der Waals surface area contributed by atoms with Gasteiger partial charge >= 0.3 is 6.03 Å². The van der Waals surface area contributed by atoms with Gasteiger partial charge in [0.15, 0.2) is 0 Å². The second-order valence-corrected chi connectivity index (χ2v) is 8.40. The number of azo groups is 1. The number of rotatable bonds is 6. The van der Waals surface area contributed by atoms with Crippen LogP contribution in [0.2, 0.25) is 0 Å². The number of nitrogens with two attached hydrogens (primary N) is 2. The molecular formula is C32H32N8O2. The summed E-state index contributed by atoms with van der Waals surface area (Å²) in [5.74, 6) is 12.1. The fourth-order valence-corrected chi connectivity index (χ4v) is 3.45. The van der Waals surface area contributed by atoms with Gasteiger partial charge in [0, 0.05) is 5.69 Å². The van der Waals surface area contributed by atoms with Crippen LogP contribution in [0.1, 0.15) is 0 Å². The van der Waals surface area contributed by atoms with E-state index in [0.29, 0.717) is 5.57 Å². The molecule has 4 aromatic carbocycles. The monoisotopic (exact) mass is 560 g/mol. The van der Waals surface area contributed by atoms with E-state index in [1.165, 1.54) is 0 Å². The average molecular weight is 561 g/mol. The molecule has 0 aromatic heterocycles. The Bertz CT molecular complexity index is 1450. The van der Waals surface area contributed by atoms with Gasteiger partial charge in [0.1, 0.15) is 12.0 Å². The highest BCUT2D eigenvalue weighted by Crippen LogP contribution is 2.22. The van der Waals surface area contributed by atoms with Crippen LogP contribution in [-0.2, 0) is 4.79 Å². The van der Waals surface area contributed by atoms with Crippen LogP contribution < -0.4 is 33.0 Å². The van der Waals surface area contributed by atoms with Gasteiger partial charge < -0.3 is 5.43 Å². The van der Waals surface area contributed by atoms with Crippen LogP contribution in [0, 0.1) is 0 Å². The van der Waals surface area contributed by atoms with E-state index in [-0.39, 0.29) is 6.04 Å². The number of para-hydroxylation sites is 3. The van der Waals surface area contributed by atoms with Crippen LogP contribution in [0.3, 0.4) is 0 Å². The number of hydrogen-bond donors (Lipinski definition) is 5. The zero-order valence-electron chi connectivity index (χ0n) is 22.7. The van der Waals surface area contributed by atoms with Crippen molar-refractivity contribution in [1.29, 1.82) is 0 Å². The molecule has 0 saturated heterocycles. The maximum Gasteiger partial charge on any atom is 0.348 e. The largest absolute Gasteiger partial charge is 0.348 e. The fourth-order valence-electron chi connectivity index (χ4n) is 3.45. The van der Waals surface area contributed by atoms with E-state index in [0.717, 1.165) is 22.7 Å². The van der Waals surface area contributed by atoms with Crippen molar-refractivity contribution in [3.63, 3.8) is 0 Å². The number of urea groups is 1. The van der Waals surface area contributed by atoms with Crippen LogP contribution >= 0.6 is 0 Å². The van der Waals surface area contributed by atoms with E-state index in [1.54, 1.807) is 17.2 Å². The third-order valence-electron chi connectivity index (χ3n) is 5.48. The summed E-state index contributed by atoms with van der Waals surface area (Å²) in [7, 11) is 0. The minimum atomic E-state index is -0.484. The Hall–Kier alpha value is -5.80. The molecule has 0 fully saturated rings. The molecule has 42 heavy (non-hydrogen) atoms. The molecule has 212 valence electrons. The van der Waals surface area contributed by atoms with Crippen LogP contribution in [0.15, 0.2) is 161 Å². The van der Waals surface area contributed by atoms with Crippen LogP contribution in [0.25, 0.3) is 0 Å². The van der Waals surface area contributed by atoms with Gasteiger partial charge in [0.05, 0.1) is 22.6 Å². The summed E-state index contributed by atoms with van der Waals surface area (Å²) in [6.07, 6.45) is 7.14. The number of carbonyl (C=O) groups is 1. The minimum Gasteiger partial charge on any atom is -0.324 e. The summed E-state index contributed by atoms with van der Waals surface area (Å²) in [5, 5.41) is 9.82. The molecule has 1 unspecified atom stereocenters. The van der Waals surface area contributed by atoms with Gasteiger partial charge in [-0.05, 0) is 54.6 Å². The van der Waals surface area contributed by atoms with Crippen molar-refractivity contribution in [3.8, 4) is 0 Å². The number of nitrogen functional groups attached to an aromatic ring is 1. The minimum absolute atomic E-state index is 0.317. The molecule has 1 aliphatic rings. The molecule has 0 radical (unpaired) electrons. The standard InChI is InChI=1S/C13H14N4O.C13H10N2O.C6H8N2/c14-15-13(18)16-17(11-7-3-1-4-8-11)12-9-5-2-6-10-12;16-10-11-6-4-5-9-13(11)15-14-12-7-2-1-3-8-12;7-8-6-4-2-1-3-5-6/h1-10H,14H2,(H2,15,16,18);1-9,13H;1-5,8H,7H2. The van der Waals surface area contributed by atoms with Gasteiger partial charge in [0.25, 0.3) is 0 Å². The van der Waals surface area contributed by atoms with Crippen molar-refractivity contribution >= 4 is 34.7 Å². The van der Waals surface area contributed by atoms with Gasteiger partial charge in [-0.3, -0.25) is 16.3 Å². The molecule has 0 aliphatic heterocycles. The first-order valence-corrected chi connectivity index (χ1v) is 12.9. The molecule has 10 heteroatoms. The summed E-state index contributed by atoms with van der Waals surface area (Å²) >= 11 is 0.